The first-order valence-corrected chi connectivity index (χ1v) is 4.93. The first-order valence-electron chi connectivity index (χ1n) is 4.39. The van der Waals surface area contributed by atoms with Crippen LogP contribution in [0.3, 0.4) is 0 Å². The van der Waals surface area contributed by atoms with E-state index in [9.17, 15) is 9.90 Å². The average molecular weight is 213 g/mol. The summed E-state index contributed by atoms with van der Waals surface area (Å²) in [6.07, 6.45) is -0.142. The summed E-state index contributed by atoms with van der Waals surface area (Å²) in [6, 6.07) is 9.04. The van der Waals surface area contributed by atoms with Crippen molar-refractivity contribution in [2.24, 2.45) is 5.41 Å². The molecule has 0 radical (unpaired) electrons. The van der Waals surface area contributed by atoms with Crippen LogP contribution in [0.2, 0.25) is 0 Å². The van der Waals surface area contributed by atoms with E-state index in [1.165, 1.54) is 0 Å². The normalized spacial score (nSPS) is 17.1. The van der Waals surface area contributed by atoms with E-state index < -0.39 is 11.5 Å². The number of halogens is 1. The van der Waals surface area contributed by atoms with Gasteiger partial charge in [0, 0.05) is 5.88 Å². The molecule has 2 nitrogen and oxygen atoms in total. The number of hydrogen-bond acceptors (Lipinski definition) is 2. The number of aliphatic hydroxyl groups is 1. The van der Waals surface area contributed by atoms with E-state index in [1.807, 2.05) is 18.2 Å². The maximum absolute atomic E-state index is 10.8. The Bertz CT molecular complexity index is 299. The van der Waals surface area contributed by atoms with E-state index >= 15 is 0 Å². The minimum absolute atomic E-state index is 0.104. The lowest BCUT2D eigenvalue weighted by molar-refractivity contribution is -0.120. The Hall–Kier alpha value is -0.860. The van der Waals surface area contributed by atoms with Crippen LogP contribution < -0.4 is 0 Å². The molecule has 1 aromatic carbocycles. The van der Waals surface area contributed by atoms with Gasteiger partial charge in [-0.2, -0.15) is 0 Å². The Morgan fingerprint density at radius 1 is 1.50 bits per heavy atom. The first-order chi connectivity index (χ1) is 6.64. The van der Waals surface area contributed by atoms with Gasteiger partial charge in [-0.05, 0) is 12.5 Å². The molecule has 0 amide bonds. The molecule has 0 aliphatic carbocycles. The SMILES string of the molecule is C[C@](C=O)(CCl)[C@@H](O)c1ccccc1. The molecule has 0 aliphatic rings. The first kappa shape index (κ1) is 11.2. The van der Waals surface area contributed by atoms with Crippen LogP contribution in [-0.4, -0.2) is 17.3 Å². The maximum atomic E-state index is 10.8. The number of aliphatic hydroxyl groups excluding tert-OH is 1. The molecule has 76 valence electrons. The monoisotopic (exact) mass is 212 g/mol. The second-order valence-corrected chi connectivity index (χ2v) is 3.84. The van der Waals surface area contributed by atoms with E-state index in [2.05, 4.69) is 0 Å². The van der Waals surface area contributed by atoms with E-state index in [0.717, 1.165) is 0 Å². The molecule has 0 saturated carbocycles. The molecule has 1 rings (SSSR count). The summed E-state index contributed by atoms with van der Waals surface area (Å²) in [7, 11) is 0. The standard InChI is InChI=1S/C11H13ClO2/c1-11(7-12,8-13)10(14)9-5-3-2-4-6-9/h2-6,8,10,14H,7H2,1H3/t10-,11+/m0/s1. The van der Waals surface area contributed by atoms with Gasteiger partial charge in [-0.15, -0.1) is 11.6 Å². The smallest absolute Gasteiger partial charge is 0.130 e. The summed E-state index contributed by atoms with van der Waals surface area (Å²) >= 11 is 5.66. The Kier molecular flexibility index (Phi) is 3.67. The highest BCUT2D eigenvalue weighted by molar-refractivity contribution is 6.19. The van der Waals surface area contributed by atoms with Crippen LogP contribution >= 0.6 is 11.6 Å². The molecular formula is C11H13ClO2. The lowest BCUT2D eigenvalue weighted by atomic mass is 9.84. The van der Waals surface area contributed by atoms with Crippen molar-refractivity contribution >= 4 is 17.9 Å². The van der Waals surface area contributed by atoms with Gasteiger partial charge in [-0.3, -0.25) is 0 Å². The third-order valence-corrected chi connectivity index (χ3v) is 2.87. The summed E-state index contributed by atoms with van der Waals surface area (Å²) in [6.45, 7) is 1.64. The number of rotatable bonds is 4. The minimum Gasteiger partial charge on any atom is -0.387 e. The summed E-state index contributed by atoms with van der Waals surface area (Å²) in [5.74, 6) is 0.104. The van der Waals surface area contributed by atoms with Gasteiger partial charge in [0.1, 0.15) is 6.29 Å². The molecule has 0 aliphatic heterocycles. The zero-order valence-electron chi connectivity index (χ0n) is 7.98. The van der Waals surface area contributed by atoms with E-state index in [-0.39, 0.29) is 5.88 Å². The molecule has 0 fully saturated rings. The molecule has 1 N–H and O–H groups in total. The molecule has 0 spiro atoms. The Morgan fingerprint density at radius 2 is 2.07 bits per heavy atom. The molecule has 0 saturated heterocycles. The van der Waals surface area contributed by atoms with Gasteiger partial charge in [0.25, 0.3) is 0 Å². The number of benzene rings is 1. The zero-order chi connectivity index (χ0) is 10.6. The van der Waals surface area contributed by atoms with Crippen LogP contribution in [0.1, 0.15) is 18.6 Å². The maximum Gasteiger partial charge on any atom is 0.130 e. The van der Waals surface area contributed by atoms with Gasteiger partial charge in [0.05, 0.1) is 11.5 Å². The van der Waals surface area contributed by atoms with Gasteiger partial charge in [-0.25, -0.2) is 0 Å². The van der Waals surface area contributed by atoms with Gasteiger partial charge in [-0.1, -0.05) is 30.3 Å². The topological polar surface area (TPSA) is 37.3 Å². The molecule has 1 aromatic rings. The second-order valence-electron chi connectivity index (χ2n) is 3.57. The summed E-state index contributed by atoms with van der Waals surface area (Å²) < 4.78 is 0. The number of aldehydes is 1. The molecular weight excluding hydrogens is 200 g/mol. The zero-order valence-corrected chi connectivity index (χ0v) is 8.74. The molecule has 0 bridgehead atoms. The van der Waals surface area contributed by atoms with Crippen LogP contribution in [0, 0.1) is 5.41 Å². The number of carbonyl (C=O) groups excluding carboxylic acids is 1. The molecule has 14 heavy (non-hydrogen) atoms. The largest absolute Gasteiger partial charge is 0.387 e. The van der Waals surface area contributed by atoms with Crippen molar-refractivity contribution in [2.45, 2.75) is 13.0 Å². The number of alkyl halides is 1. The van der Waals surface area contributed by atoms with Crippen LogP contribution in [0.4, 0.5) is 0 Å². The van der Waals surface area contributed by atoms with E-state index in [0.29, 0.717) is 11.8 Å². The lowest BCUT2D eigenvalue weighted by Crippen LogP contribution is -2.29. The van der Waals surface area contributed by atoms with Crippen LogP contribution in [0.5, 0.6) is 0 Å². The fourth-order valence-corrected chi connectivity index (χ4v) is 1.39. The van der Waals surface area contributed by atoms with Crippen LogP contribution in [-0.2, 0) is 4.79 Å². The minimum atomic E-state index is -0.914. The van der Waals surface area contributed by atoms with Crippen molar-refractivity contribution in [3.8, 4) is 0 Å². The van der Waals surface area contributed by atoms with Gasteiger partial charge < -0.3 is 9.90 Å². The van der Waals surface area contributed by atoms with E-state index in [4.69, 9.17) is 11.6 Å². The van der Waals surface area contributed by atoms with Crippen molar-refractivity contribution in [3.05, 3.63) is 35.9 Å². The number of carbonyl (C=O) groups is 1. The van der Waals surface area contributed by atoms with Crippen molar-refractivity contribution < 1.29 is 9.90 Å². The molecule has 0 heterocycles. The van der Waals surface area contributed by atoms with Gasteiger partial charge in [0.2, 0.25) is 0 Å². The Balaban J connectivity index is 2.94. The third kappa shape index (κ3) is 2.14. The summed E-state index contributed by atoms with van der Waals surface area (Å²) in [5.41, 5.74) is -0.203. The van der Waals surface area contributed by atoms with E-state index in [1.54, 1.807) is 19.1 Å². The van der Waals surface area contributed by atoms with Crippen molar-refractivity contribution in [3.63, 3.8) is 0 Å². The van der Waals surface area contributed by atoms with Crippen LogP contribution in [0.25, 0.3) is 0 Å². The predicted molar refractivity (Wildman–Crippen MR) is 56.3 cm³/mol. The highest BCUT2D eigenvalue weighted by atomic mass is 35.5. The summed E-state index contributed by atoms with van der Waals surface area (Å²) in [4.78, 5) is 10.8. The lowest BCUT2D eigenvalue weighted by Gasteiger charge is -2.26. The quantitative estimate of drug-likeness (QED) is 0.614. The average Bonchev–Trinajstić information content (AvgIpc) is 2.28. The Labute approximate surface area is 88.5 Å². The van der Waals surface area contributed by atoms with Crippen LogP contribution in [0.15, 0.2) is 30.3 Å². The third-order valence-electron chi connectivity index (χ3n) is 2.30. The predicted octanol–water partition coefficient (Wildman–Crippen LogP) is 2.16. The van der Waals surface area contributed by atoms with Crippen molar-refractivity contribution in [1.29, 1.82) is 0 Å². The molecule has 3 heteroatoms. The van der Waals surface area contributed by atoms with Crippen molar-refractivity contribution in [2.75, 3.05) is 5.88 Å². The number of hydrogen-bond donors (Lipinski definition) is 1. The second kappa shape index (κ2) is 4.58. The highest BCUT2D eigenvalue weighted by Gasteiger charge is 2.32. The van der Waals surface area contributed by atoms with Gasteiger partial charge >= 0.3 is 0 Å². The molecule has 0 aromatic heterocycles. The fourth-order valence-electron chi connectivity index (χ4n) is 1.19. The molecule has 2 atom stereocenters. The highest BCUT2D eigenvalue weighted by Crippen LogP contribution is 2.32. The Morgan fingerprint density at radius 3 is 2.50 bits per heavy atom. The van der Waals surface area contributed by atoms with Crippen molar-refractivity contribution in [1.82, 2.24) is 0 Å². The van der Waals surface area contributed by atoms with Gasteiger partial charge in [0.15, 0.2) is 0 Å². The summed E-state index contributed by atoms with van der Waals surface area (Å²) in [5, 5.41) is 9.92. The fraction of sp³-hybridized carbons (Fsp3) is 0.364. The molecule has 0 unspecified atom stereocenters.